The van der Waals surface area contributed by atoms with E-state index in [4.69, 9.17) is 14.2 Å². The first kappa shape index (κ1) is 23.5. The molecule has 0 aliphatic carbocycles. The van der Waals surface area contributed by atoms with Crippen LogP contribution in [0.1, 0.15) is 37.4 Å². The number of carbonyl (C=O) groups excluding carboxylic acids is 2. The Kier molecular flexibility index (Phi) is 6.38. The van der Waals surface area contributed by atoms with Gasteiger partial charge in [0.1, 0.15) is 5.75 Å². The van der Waals surface area contributed by atoms with E-state index < -0.39 is 17.7 Å². The number of fused-ring (bicyclic) bond motifs is 1. The van der Waals surface area contributed by atoms with Crippen molar-refractivity contribution in [2.24, 2.45) is 0 Å². The fraction of sp³-hybridized carbons (Fsp3) is 0.241. The average Bonchev–Trinajstić information content (AvgIpc) is 3.45. The molecule has 0 radical (unpaired) electrons. The van der Waals surface area contributed by atoms with Crippen molar-refractivity contribution in [3.05, 3.63) is 95.3 Å². The van der Waals surface area contributed by atoms with Crippen molar-refractivity contribution >= 4 is 17.4 Å². The van der Waals surface area contributed by atoms with Crippen LogP contribution in [0.25, 0.3) is 0 Å². The molecule has 5 rings (SSSR count). The minimum atomic E-state index is -0.797. The van der Waals surface area contributed by atoms with E-state index in [1.54, 1.807) is 30.3 Å². The van der Waals surface area contributed by atoms with Gasteiger partial charge in [-0.1, -0.05) is 42.5 Å². The summed E-state index contributed by atoms with van der Waals surface area (Å²) in [6.45, 7) is 3.98. The van der Waals surface area contributed by atoms with Gasteiger partial charge in [0.25, 0.3) is 5.91 Å². The zero-order valence-corrected chi connectivity index (χ0v) is 20.1. The molecule has 0 aromatic heterocycles. The van der Waals surface area contributed by atoms with E-state index in [1.807, 2.05) is 56.3 Å². The second kappa shape index (κ2) is 9.77. The van der Waals surface area contributed by atoms with E-state index in [2.05, 4.69) is 0 Å². The summed E-state index contributed by atoms with van der Waals surface area (Å²) in [5, 5.41) is 10.9. The number of aliphatic hydroxyl groups excluding tert-OH is 1. The largest absolute Gasteiger partial charge is 0.503 e. The Labute approximate surface area is 209 Å². The van der Waals surface area contributed by atoms with E-state index >= 15 is 0 Å². The minimum absolute atomic E-state index is 0.00750. The first-order valence-electron chi connectivity index (χ1n) is 11.9. The molecule has 3 aromatic rings. The molecular formula is C29H27NO6. The van der Waals surface area contributed by atoms with Gasteiger partial charge in [0.05, 0.1) is 17.7 Å². The molecule has 0 bridgehead atoms. The van der Waals surface area contributed by atoms with Crippen LogP contribution in [0.15, 0.2) is 84.1 Å². The number of benzene rings is 3. The first-order chi connectivity index (χ1) is 17.4. The Morgan fingerprint density at radius 3 is 2.47 bits per heavy atom. The monoisotopic (exact) mass is 485 g/mol. The van der Waals surface area contributed by atoms with Crippen LogP contribution in [0.3, 0.4) is 0 Å². The fourth-order valence-electron chi connectivity index (χ4n) is 4.54. The summed E-state index contributed by atoms with van der Waals surface area (Å²) in [5.41, 5.74) is 2.28. The molecule has 7 nitrogen and oxygen atoms in total. The number of carbonyl (C=O) groups is 2. The summed E-state index contributed by atoms with van der Waals surface area (Å²) in [4.78, 5) is 28.3. The van der Waals surface area contributed by atoms with Crippen molar-refractivity contribution in [2.75, 3.05) is 11.7 Å². The number of amides is 1. The molecule has 3 aromatic carbocycles. The maximum atomic E-state index is 13.5. The number of aryl methyl sites for hydroxylation is 1. The minimum Gasteiger partial charge on any atom is -0.503 e. The first-order valence-corrected chi connectivity index (χ1v) is 11.9. The SMILES string of the molecule is CC(C)Oc1ccc(C2C(C(=O)CCc3ccccc3)=C(O)C(=O)N2c2ccc3c(c2)OCO3)cc1. The summed E-state index contributed by atoms with van der Waals surface area (Å²) in [6.07, 6.45) is 0.673. The standard InChI is InChI=1S/C29H27NO6/c1-18(2)36-22-12-9-20(10-13-22)27-26(23(31)14-8-19-6-4-3-5-7-19)28(32)29(33)30(27)21-11-15-24-25(16-21)35-17-34-24/h3-7,9-13,15-16,18,27,32H,8,14,17H2,1-2H3. The van der Waals surface area contributed by atoms with Crippen molar-refractivity contribution in [3.63, 3.8) is 0 Å². The number of aliphatic hydroxyl groups is 1. The van der Waals surface area contributed by atoms with Gasteiger partial charge in [-0.2, -0.15) is 0 Å². The molecule has 1 atom stereocenters. The molecule has 1 unspecified atom stereocenters. The molecular weight excluding hydrogens is 458 g/mol. The van der Waals surface area contributed by atoms with Gasteiger partial charge in [0, 0.05) is 18.2 Å². The van der Waals surface area contributed by atoms with Gasteiger partial charge in [-0.3, -0.25) is 14.5 Å². The highest BCUT2D eigenvalue weighted by Gasteiger charge is 2.44. The van der Waals surface area contributed by atoms with E-state index in [1.165, 1.54) is 4.90 Å². The molecule has 2 aliphatic rings. The zero-order chi connectivity index (χ0) is 25.2. The molecule has 184 valence electrons. The van der Waals surface area contributed by atoms with E-state index in [-0.39, 0.29) is 30.7 Å². The summed E-state index contributed by atoms with van der Waals surface area (Å²) in [6, 6.07) is 21.2. The van der Waals surface area contributed by atoms with Crippen LogP contribution in [0.4, 0.5) is 5.69 Å². The predicted molar refractivity (Wildman–Crippen MR) is 134 cm³/mol. The lowest BCUT2D eigenvalue weighted by molar-refractivity contribution is -0.118. The van der Waals surface area contributed by atoms with Gasteiger partial charge < -0.3 is 19.3 Å². The van der Waals surface area contributed by atoms with Gasteiger partial charge in [0.2, 0.25) is 6.79 Å². The third-order valence-electron chi connectivity index (χ3n) is 6.19. The van der Waals surface area contributed by atoms with E-state index in [0.717, 1.165) is 5.56 Å². The highest BCUT2D eigenvalue weighted by molar-refractivity contribution is 6.16. The summed E-state index contributed by atoms with van der Waals surface area (Å²) in [7, 11) is 0. The van der Waals surface area contributed by atoms with E-state index in [9.17, 15) is 14.7 Å². The van der Waals surface area contributed by atoms with Crippen molar-refractivity contribution < 1.29 is 28.9 Å². The van der Waals surface area contributed by atoms with Gasteiger partial charge in [-0.25, -0.2) is 0 Å². The Balaban J connectivity index is 1.51. The molecule has 2 heterocycles. The lowest BCUT2D eigenvalue weighted by Gasteiger charge is -2.27. The third kappa shape index (κ3) is 4.52. The number of ketones is 1. The number of anilines is 1. The molecule has 0 saturated heterocycles. The van der Waals surface area contributed by atoms with Crippen molar-refractivity contribution in [1.82, 2.24) is 0 Å². The molecule has 0 saturated carbocycles. The van der Waals surface area contributed by atoms with Gasteiger partial charge >= 0.3 is 0 Å². The maximum Gasteiger partial charge on any atom is 0.294 e. The Hall–Kier alpha value is -4.26. The van der Waals surface area contributed by atoms with Crippen molar-refractivity contribution in [1.29, 1.82) is 0 Å². The molecule has 7 heteroatoms. The van der Waals surface area contributed by atoms with Crippen LogP contribution < -0.4 is 19.1 Å². The number of hydrogen-bond donors (Lipinski definition) is 1. The molecule has 1 N–H and O–H groups in total. The smallest absolute Gasteiger partial charge is 0.294 e. The topological polar surface area (TPSA) is 85.3 Å². The summed E-state index contributed by atoms with van der Waals surface area (Å²) >= 11 is 0. The highest BCUT2D eigenvalue weighted by Crippen LogP contribution is 2.44. The number of Topliss-reactive ketones (excluding diaryl/α,β-unsaturated/α-hetero) is 1. The Bertz CT molecular complexity index is 1310. The molecule has 1 amide bonds. The Morgan fingerprint density at radius 1 is 1.03 bits per heavy atom. The van der Waals surface area contributed by atoms with Crippen molar-refractivity contribution in [3.8, 4) is 17.2 Å². The number of nitrogens with zero attached hydrogens (tertiary/aromatic N) is 1. The zero-order valence-electron chi connectivity index (χ0n) is 20.1. The number of ether oxygens (including phenoxy) is 3. The average molecular weight is 486 g/mol. The van der Waals surface area contributed by atoms with E-state index in [0.29, 0.717) is 34.9 Å². The van der Waals surface area contributed by atoms with Crippen LogP contribution in [-0.4, -0.2) is 29.7 Å². The molecule has 36 heavy (non-hydrogen) atoms. The lowest BCUT2D eigenvalue weighted by Crippen LogP contribution is -2.31. The van der Waals surface area contributed by atoms with Crippen molar-refractivity contribution in [2.45, 2.75) is 38.8 Å². The second-order valence-electron chi connectivity index (χ2n) is 9.02. The van der Waals surface area contributed by atoms with Gasteiger partial charge in [0.15, 0.2) is 23.0 Å². The highest BCUT2D eigenvalue weighted by atomic mass is 16.7. The maximum absolute atomic E-state index is 13.5. The molecule has 0 spiro atoms. The number of rotatable bonds is 8. The summed E-state index contributed by atoms with van der Waals surface area (Å²) in [5.74, 6) is 0.317. The van der Waals surface area contributed by atoms with Crippen LogP contribution in [0.5, 0.6) is 17.2 Å². The molecule has 2 aliphatic heterocycles. The predicted octanol–water partition coefficient (Wildman–Crippen LogP) is 5.30. The van der Waals surface area contributed by atoms with Crippen LogP contribution in [0, 0.1) is 0 Å². The third-order valence-corrected chi connectivity index (χ3v) is 6.19. The van der Waals surface area contributed by atoms with Crippen LogP contribution in [-0.2, 0) is 16.0 Å². The van der Waals surface area contributed by atoms with Gasteiger partial charge in [-0.05, 0) is 55.7 Å². The quantitative estimate of drug-likeness (QED) is 0.466. The lowest BCUT2D eigenvalue weighted by atomic mass is 9.93. The second-order valence-corrected chi connectivity index (χ2v) is 9.02. The normalized spacial score (nSPS) is 16.7. The van der Waals surface area contributed by atoms with Crippen LogP contribution >= 0.6 is 0 Å². The molecule has 0 fully saturated rings. The van der Waals surface area contributed by atoms with Gasteiger partial charge in [-0.15, -0.1) is 0 Å². The summed E-state index contributed by atoms with van der Waals surface area (Å²) < 4.78 is 16.7. The number of hydrogen-bond acceptors (Lipinski definition) is 6. The fourth-order valence-corrected chi connectivity index (χ4v) is 4.54. The van der Waals surface area contributed by atoms with Crippen LogP contribution in [0.2, 0.25) is 0 Å². The Morgan fingerprint density at radius 2 is 1.75 bits per heavy atom.